The summed E-state index contributed by atoms with van der Waals surface area (Å²) in [5.41, 5.74) is 2.27. The molecule has 0 radical (unpaired) electrons. The molecule has 0 saturated heterocycles. The van der Waals surface area contributed by atoms with E-state index in [4.69, 9.17) is 0 Å². The lowest BCUT2D eigenvalue weighted by Gasteiger charge is -2.14. The van der Waals surface area contributed by atoms with Crippen LogP contribution < -0.4 is 0 Å². The number of hydrogen-bond acceptors (Lipinski definition) is 3. The Bertz CT molecular complexity index is 555. The summed E-state index contributed by atoms with van der Waals surface area (Å²) < 4.78 is 0. The third-order valence-corrected chi connectivity index (χ3v) is 4.75. The van der Waals surface area contributed by atoms with E-state index in [0.717, 1.165) is 46.6 Å². The fraction of sp³-hybridized carbons (Fsp3) is 0.333. The summed E-state index contributed by atoms with van der Waals surface area (Å²) in [5.74, 6) is 0.577. The van der Waals surface area contributed by atoms with Crippen molar-refractivity contribution in [2.24, 2.45) is 0 Å². The van der Waals surface area contributed by atoms with E-state index in [1.807, 2.05) is 24.3 Å². The molecule has 2 N–H and O–H groups in total. The average molecular weight is 302 g/mol. The zero-order valence-electron chi connectivity index (χ0n) is 12.6. The number of hydrogen-bond donors (Lipinski definition) is 2. The van der Waals surface area contributed by atoms with Gasteiger partial charge in [0.15, 0.2) is 0 Å². The molecule has 0 fully saturated rings. The summed E-state index contributed by atoms with van der Waals surface area (Å²) >= 11 is 1.47. The quantitative estimate of drug-likeness (QED) is 0.775. The van der Waals surface area contributed by atoms with Crippen molar-refractivity contribution in [2.45, 2.75) is 49.3 Å². The molecule has 0 aliphatic rings. The van der Waals surface area contributed by atoms with Crippen LogP contribution in [-0.4, -0.2) is 10.2 Å². The molecule has 21 heavy (non-hydrogen) atoms. The van der Waals surface area contributed by atoms with Gasteiger partial charge in [-0.25, -0.2) is 0 Å². The lowest BCUT2D eigenvalue weighted by Crippen LogP contribution is -1.92. The molecule has 0 bridgehead atoms. The monoisotopic (exact) mass is 302 g/mol. The highest BCUT2D eigenvalue weighted by atomic mass is 32.2. The molecule has 0 heterocycles. The Morgan fingerprint density at radius 2 is 1.19 bits per heavy atom. The molecule has 0 saturated carbocycles. The normalized spacial score (nSPS) is 10.8. The van der Waals surface area contributed by atoms with Gasteiger partial charge in [0.1, 0.15) is 11.5 Å². The molecule has 2 aromatic carbocycles. The van der Waals surface area contributed by atoms with Gasteiger partial charge in [-0.05, 0) is 36.1 Å². The third kappa shape index (κ3) is 3.73. The molecule has 0 aliphatic heterocycles. The standard InChI is InChI=1S/C18H22O2S/c1-3-7-13-9-5-11-15(19)17(13)21-18-14(8-4-2)10-6-12-16(18)20/h5-6,9-12,19-20H,3-4,7-8H2,1-2H3. The number of phenolic OH excluding ortho intramolecular Hbond substituents is 2. The summed E-state index contributed by atoms with van der Waals surface area (Å²) in [6, 6.07) is 11.3. The van der Waals surface area contributed by atoms with Crippen LogP contribution in [0.1, 0.15) is 37.8 Å². The van der Waals surface area contributed by atoms with Gasteiger partial charge in [-0.1, -0.05) is 62.7 Å². The van der Waals surface area contributed by atoms with Crippen LogP contribution in [-0.2, 0) is 12.8 Å². The topological polar surface area (TPSA) is 40.5 Å². The number of aromatic hydroxyl groups is 2. The van der Waals surface area contributed by atoms with Gasteiger partial charge in [-0.3, -0.25) is 0 Å². The number of aryl methyl sites for hydroxylation is 2. The fourth-order valence-electron chi connectivity index (χ4n) is 2.41. The van der Waals surface area contributed by atoms with Crippen LogP contribution in [0.3, 0.4) is 0 Å². The summed E-state index contributed by atoms with van der Waals surface area (Å²) in [6.07, 6.45) is 3.90. The first kappa shape index (κ1) is 15.8. The van der Waals surface area contributed by atoms with E-state index in [1.165, 1.54) is 11.8 Å². The van der Waals surface area contributed by atoms with Crippen molar-refractivity contribution >= 4 is 11.8 Å². The van der Waals surface area contributed by atoms with Crippen molar-refractivity contribution < 1.29 is 10.2 Å². The molecule has 112 valence electrons. The van der Waals surface area contributed by atoms with Crippen molar-refractivity contribution in [1.82, 2.24) is 0 Å². The number of rotatable bonds is 6. The van der Waals surface area contributed by atoms with Crippen LogP contribution >= 0.6 is 11.8 Å². The van der Waals surface area contributed by atoms with Crippen LogP contribution in [0, 0.1) is 0 Å². The zero-order chi connectivity index (χ0) is 15.2. The van der Waals surface area contributed by atoms with E-state index in [0.29, 0.717) is 0 Å². The molecule has 2 rings (SSSR count). The minimum atomic E-state index is 0.289. The molecule has 0 atom stereocenters. The second-order valence-electron chi connectivity index (χ2n) is 5.13. The summed E-state index contributed by atoms with van der Waals surface area (Å²) in [4.78, 5) is 1.72. The Morgan fingerprint density at radius 3 is 1.57 bits per heavy atom. The van der Waals surface area contributed by atoms with Crippen molar-refractivity contribution in [3.63, 3.8) is 0 Å². The summed E-state index contributed by atoms with van der Waals surface area (Å²) in [6.45, 7) is 4.25. The van der Waals surface area contributed by atoms with E-state index in [-0.39, 0.29) is 11.5 Å². The van der Waals surface area contributed by atoms with Crippen LogP contribution in [0.15, 0.2) is 46.2 Å². The van der Waals surface area contributed by atoms with Crippen LogP contribution in [0.4, 0.5) is 0 Å². The average Bonchev–Trinajstić information content (AvgIpc) is 2.46. The molecule has 2 nitrogen and oxygen atoms in total. The Hall–Kier alpha value is -1.61. The maximum atomic E-state index is 10.2. The van der Waals surface area contributed by atoms with E-state index in [9.17, 15) is 10.2 Å². The molecule has 3 heteroatoms. The minimum Gasteiger partial charge on any atom is -0.507 e. The first-order valence-corrected chi connectivity index (χ1v) is 8.28. The Balaban J connectivity index is 2.43. The van der Waals surface area contributed by atoms with Gasteiger partial charge in [0.05, 0.1) is 9.79 Å². The van der Waals surface area contributed by atoms with E-state index in [1.54, 1.807) is 12.1 Å². The Morgan fingerprint density at radius 1 is 0.762 bits per heavy atom. The smallest absolute Gasteiger partial charge is 0.129 e. The van der Waals surface area contributed by atoms with Crippen molar-refractivity contribution in [3.05, 3.63) is 47.5 Å². The Labute approximate surface area is 130 Å². The third-order valence-electron chi connectivity index (χ3n) is 3.39. The molecule has 0 unspecified atom stereocenters. The van der Waals surface area contributed by atoms with Crippen LogP contribution in [0.2, 0.25) is 0 Å². The van der Waals surface area contributed by atoms with Gasteiger partial charge in [0, 0.05) is 0 Å². The first-order chi connectivity index (χ1) is 10.2. The van der Waals surface area contributed by atoms with Crippen molar-refractivity contribution in [3.8, 4) is 11.5 Å². The molecule has 0 aliphatic carbocycles. The van der Waals surface area contributed by atoms with Crippen LogP contribution in [0.25, 0.3) is 0 Å². The van der Waals surface area contributed by atoms with Crippen LogP contribution in [0.5, 0.6) is 11.5 Å². The van der Waals surface area contributed by atoms with Gasteiger partial charge in [-0.15, -0.1) is 0 Å². The van der Waals surface area contributed by atoms with Gasteiger partial charge in [0.25, 0.3) is 0 Å². The second kappa shape index (κ2) is 7.41. The van der Waals surface area contributed by atoms with Gasteiger partial charge < -0.3 is 10.2 Å². The van der Waals surface area contributed by atoms with E-state index in [2.05, 4.69) is 13.8 Å². The maximum absolute atomic E-state index is 10.2. The Kier molecular flexibility index (Phi) is 5.57. The number of phenols is 2. The minimum absolute atomic E-state index is 0.289. The highest BCUT2D eigenvalue weighted by molar-refractivity contribution is 7.99. The SMILES string of the molecule is CCCc1cccc(O)c1Sc1c(O)cccc1CCC. The number of benzene rings is 2. The fourth-order valence-corrected chi connectivity index (χ4v) is 3.56. The largest absolute Gasteiger partial charge is 0.507 e. The highest BCUT2D eigenvalue weighted by Gasteiger charge is 2.14. The molecular formula is C18H22O2S. The molecule has 0 spiro atoms. The highest BCUT2D eigenvalue weighted by Crippen LogP contribution is 2.43. The lowest BCUT2D eigenvalue weighted by molar-refractivity contribution is 0.458. The molecule has 0 aromatic heterocycles. The first-order valence-electron chi connectivity index (χ1n) is 7.46. The lowest BCUT2D eigenvalue weighted by atomic mass is 10.1. The predicted octanol–water partition coefficient (Wildman–Crippen LogP) is 5.15. The van der Waals surface area contributed by atoms with E-state index >= 15 is 0 Å². The molecular weight excluding hydrogens is 280 g/mol. The second-order valence-corrected chi connectivity index (χ2v) is 6.15. The maximum Gasteiger partial charge on any atom is 0.129 e. The van der Waals surface area contributed by atoms with Crippen molar-refractivity contribution in [2.75, 3.05) is 0 Å². The summed E-state index contributed by atoms with van der Waals surface area (Å²) in [7, 11) is 0. The summed E-state index contributed by atoms with van der Waals surface area (Å²) in [5, 5.41) is 20.4. The predicted molar refractivity (Wildman–Crippen MR) is 88.3 cm³/mol. The molecule has 2 aromatic rings. The zero-order valence-corrected chi connectivity index (χ0v) is 13.4. The van der Waals surface area contributed by atoms with E-state index < -0.39 is 0 Å². The van der Waals surface area contributed by atoms with Gasteiger partial charge >= 0.3 is 0 Å². The molecule has 0 amide bonds. The van der Waals surface area contributed by atoms with Gasteiger partial charge in [0.2, 0.25) is 0 Å². The van der Waals surface area contributed by atoms with Crippen molar-refractivity contribution in [1.29, 1.82) is 0 Å². The van der Waals surface area contributed by atoms with Gasteiger partial charge in [-0.2, -0.15) is 0 Å².